The Balaban J connectivity index is 3.05. The highest BCUT2D eigenvalue weighted by Gasteiger charge is 1.79. The van der Waals surface area contributed by atoms with E-state index < -0.39 is 0 Å². The highest BCUT2D eigenvalue weighted by molar-refractivity contribution is 5.00. The first kappa shape index (κ1) is 3.28. The molecular formula is C4H4O2. The molecule has 1 rings (SSSR count). The molecule has 1 aromatic heterocycles. The Hall–Kier alpha value is -0.920. The van der Waals surface area contributed by atoms with Crippen LogP contribution in [0.25, 0.3) is 0 Å². The van der Waals surface area contributed by atoms with Crippen LogP contribution in [0, 0.1) is 0 Å². The van der Waals surface area contributed by atoms with Gasteiger partial charge in [0.1, 0.15) is 0 Å². The second-order valence-electron chi connectivity index (χ2n) is 0.951. The Morgan fingerprint density at radius 1 is 1.67 bits per heavy atom. The number of hydrogen-bond acceptors (Lipinski definition) is 2. The summed E-state index contributed by atoms with van der Waals surface area (Å²) in [4.78, 5) is 0. The summed E-state index contributed by atoms with van der Waals surface area (Å²) >= 11 is 0. The van der Waals surface area contributed by atoms with Gasteiger partial charge in [-0.1, -0.05) is 0 Å². The van der Waals surface area contributed by atoms with Gasteiger partial charge in [0, 0.05) is 6.07 Å². The number of hydrogen-bond donors (Lipinski definition) is 1. The third-order valence-electron chi connectivity index (χ3n) is 0.506. The van der Waals surface area contributed by atoms with E-state index in [1.807, 2.05) is 0 Å². The molecule has 32 valence electrons. The van der Waals surface area contributed by atoms with E-state index in [1.165, 1.54) is 12.3 Å². The van der Waals surface area contributed by atoms with Crippen LogP contribution in [-0.2, 0) is 0 Å². The molecule has 0 saturated heterocycles. The average Bonchev–Trinajstić information content (AvgIpc) is 1.86. The predicted octanol–water partition coefficient (Wildman–Crippen LogP) is 0.985. The molecule has 0 amide bonds. The molecular weight excluding hydrogens is 80.0 g/mol. The first-order chi connectivity index (χ1) is 2.89. The van der Waals surface area contributed by atoms with E-state index in [2.05, 4.69) is 4.42 Å². The molecule has 0 radical (unpaired) electrons. The monoisotopic (exact) mass is 84.0 g/mol. The lowest BCUT2D eigenvalue weighted by Gasteiger charge is -1.69. The number of rotatable bonds is 0. The van der Waals surface area contributed by atoms with Crippen LogP contribution in [-0.4, -0.2) is 5.11 Å². The van der Waals surface area contributed by atoms with Gasteiger partial charge in [-0.2, -0.15) is 0 Å². The van der Waals surface area contributed by atoms with E-state index in [1.54, 1.807) is 6.07 Å². The summed E-state index contributed by atoms with van der Waals surface area (Å²) in [5.74, 6) is -0.0324. The van der Waals surface area contributed by atoms with Crippen LogP contribution >= 0.6 is 0 Å². The van der Waals surface area contributed by atoms with E-state index in [4.69, 9.17) is 5.11 Å². The maximum atomic E-state index is 8.31. The Morgan fingerprint density at radius 3 is 2.67 bits per heavy atom. The van der Waals surface area contributed by atoms with E-state index >= 15 is 0 Å². The minimum absolute atomic E-state index is 0.0324. The molecule has 1 N–H and O–H groups in total. The first-order valence-corrected chi connectivity index (χ1v) is 1.62. The molecule has 0 aliphatic heterocycles. The van der Waals surface area contributed by atoms with Gasteiger partial charge in [-0.3, -0.25) is 0 Å². The molecule has 0 spiro atoms. The van der Waals surface area contributed by atoms with E-state index in [0.29, 0.717) is 0 Å². The molecule has 0 aromatic carbocycles. The topological polar surface area (TPSA) is 33.4 Å². The third-order valence-corrected chi connectivity index (χ3v) is 0.506. The van der Waals surface area contributed by atoms with E-state index in [-0.39, 0.29) is 5.95 Å². The molecule has 2 nitrogen and oxygen atoms in total. The lowest BCUT2D eigenvalue weighted by molar-refractivity contribution is 0.332. The van der Waals surface area contributed by atoms with Crippen molar-refractivity contribution in [1.29, 1.82) is 0 Å². The summed E-state index contributed by atoms with van der Waals surface area (Å²) in [6.07, 6.45) is 1.41. The molecule has 0 saturated carbocycles. The van der Waals surface area contributed by atoms with Gasteiger partial charge in [0.2, 0.25) is 0 Å². The maximum Gasteiger partial charge on any atom is 0.281 e. The van der Waals surface area contributed by atoms with Crippen LogP contribution in [0.2, 0.25) is 0 Å². The van der Waals surface area contributed by atoms with E-state index in [0.717, 1.165) is 0 Å². The zero-order valence-corrected chi connectivity index (χ0v) is 3.09. The van der Waals surface area contributed by atoms with Gasteiger partial charge in [0.05, 0.1) is 6.26 Å². The number of aromatic hydroxyl groups is 1. The molecule has 0 aliphatic rings. The first-order valence-electron chi connectivity index (χ1n) is 1.62. The zero-order chi connectivity index (χ0) is 4.41. The average molecular weight is 84.1 g/mol. The van der Waals surface area contributed by atoms with Gasteiger partial charge in [-0.15, -0.1) is 0 Å². The lowest BCUT2D eigenvalue weighted by Crippen LogP contribution is -1.40. The fourth-order valence-electron chi connectivity index (χ4n) is 0.270. The second kappa shape index (κ2) is 1.05. The van der Waals surface area contributed by atoms with Crippen LogP contribution in [0.5, 0.6) is 5.95 Å². The van der Waals surface area contributed by atoms with Crippen LogP contribution in [0.1, 0.15) is 0 Å². The molecule has 0 atom stereocenters. The minimum atomic E-state index is -0.0324. The second-order valence-corrected chi connectivity index (χ2v) is 0.951. The largest absolute Gasteiger partial charge is 0.481 e. The van der Waals surface area contributed by atoms with Gasteiger partial charge in [0.25, 0.3) is 5.95 Å². The van der Waals surface area contributed by atoms with Crippen LogP contribution < -0.4 is 0 Å². The summed E-state index contributed by atoms with van der Waals surface area (Å²) in [7, 11) is 0. The van der Waals surface area contributed by atoms with E-state index in [9.17, 15) is 0 Å². The highest BCUT2D eigenvalue weighted by atomic mass is 16.5. The summed E-state index contributed by atoms with van der Waals surface area (Å²) in [6.45, 7) is 0. The summed E-state index contributed by atoms with van der Waals surface area (Å²) in [5.41, 5.74) is 0. The van der Waals surface area contributed by atoms with Crippen molar-refractivity contribution in [2.75, 3.05) is 0 Å². The van der Waals surface area contributed by atoms with Gasteiger partial charge in [-0.25, -0.2) is 0 Å². The molecule has 0 unspecified atom stereocenters. The van der Waals surface area contributed by atoms with Crippen LogP contribution in [0.3, 0.4) is 0 Å². The lowest BCUT2D eigenvalue weighted by atomic mass is 10.7. The fraction of sp³-hybridized carbons (Fsp3) is 0. The van der Waals surface area contributed by atoms with Crippen molar-refractivity contribution in [3.63, 3.8) is 0 Å². The summed E-state index contributed by atoms with van der Waals surface area (Å²) in [6, 6.07) is 3.09. The third kappa shape index (κ3) is 0.360. The molecule has 6 heavy (non-hydrogen) atoms. The van der Waals surface area contributed by atoms with Crippen molar-refractivity contribution in [2.45, 2.75) is 0 Å². The van der Waals surface area contributed by atoms with Crippen molar-refractivity contribution in [1.82, 2.24) is 0 Å². The van der Waals surface area contributed by atoms with Crippen molar-refractivity contribution < 1.29 is 9.52 Å². The normalized spacial score (nSPS) is 8.67. The Bertz CT molecular complexity index is 109. The minimum Gasteiger partial charge on any atom is -0.481 e. The SMILES string of the molecule is Oc1ccco1. The van der Waals surface area contributed by atoms with Crippen molar-refractivity contribution in [3.8, 4) is 5.95 Å². The van der Waals surface area contributed by atoms with Crippen molar-refractivity contribution in [3.05, 3.63) is 18.4 Å². The fourth-order valence-corrected chi connectivity index (χ4v) is 0.270. The van der Waals surface area contributed by atoms with Crippen molar-refractivity contribution in [2.24, 2.45) is 0 Å². The zero-order valence-electron chi connectivity index (χ0n) is 3.09. The molecule has 0 aliphatic carbocycles. The Kier molecular flexibility index (Phi) is 0.572. The Labute approximate surface area is 35.0 Å². The molecule has 0 bridgehead atoms. The Morgan fingerprint density at radius 2 is 2.50 bits per heavy atom. The maximum absolute atomic E-state index is 8.31. The molecule has 2 heteroatoms. The smallest absolute Gasteiger partial charge is 0.281 e. The highest BCUT2D eigenvalue weighted by Crippen LogP contribution is 2.04. The van der Waals surface area contributed by atoms with Crippen LogP contribution in [0.4, 0.5) is 0 Å². The molecule has 1 aromatic rings. The van der Waals surface area contributed by atoms with Crippen molar-refractivity contribution >= 4 is 0 Å². The summed E-state index contributed by atoms with van der Waals surface area (Å²) < 4.78 is 4.39. The standard InChI is InChI=1S/C4H4O2/c5-4-2-1-3-6-4/h1-3,5H. The van der Waals surface area contributed by atoms with Gasteiger partial charge in [-0.05, 0) is 6.07 Å². The van der Waals surface area contributed by atoms with Gasteiger partial charge >= 0.3 is 0 Å². The quantitative estimate of drug-likeness (QED) is 0.508. The van der Waals surface area contributed by atoms with Crippen LogP contribution in [0.15, 0.2) is 22.8 Å². The molecule has 0 fully saturated rings. The van der Waals surface area contributed by atoms with Gasteiger partial charge < -0.3 is 9.52 Å². The molecule has 1 heterocycles. The predicted molar refractivity (Wildman–Crippen MR) is 20.4 cm³/mol. The number of furan rings is 1. The van der Waals surface area contributed by atoms with Gasteiger partial charge in [0.15, 0.2) is 0 Å². The summed E-state index contributed by atoms with van der Waals surface area (Å²) in [5, 5.41) is 8.31.